The number of aromatic nitrogens is 1. The van der Waals surface area contributed by atoms with Crippen LogP contribution in [-0.4, -0.2) is 40.4 Å². The van der Waals surface area contributed by atoms with E-state index in [1.54, 1.807) is 18.5 Å². The van der Waals surface area contributed by atoms with E-state index < -0.39 is 0 Å². The zero-order valence-electron chi connectivity index (χ0n) is 19.1. The van der Waals surface area contributed by atoms with Crippen LogP contribution in [0.25, 0.3) is 16.5 Å². The van der Waals surface area contributed by atoms with Crippen molar-refractivity contribution in [1.82, 2.24) is 9.47 Å². The first-order chi connectivity index (χ1) is 16.7. The number of rotatable bonds is 6. The highest BCUT2D eigenvalue weighted by Crippen LogP contribution is 2.28. The third-order valence-electron chi connectivity index (χ3n) is 6.57. The van der Waals surface area contributed by atoms with E-state index in [1.165, 1.54) is 30.3 Å². The molecular weight excluding hydrogens is 426 g/mol. The quantitative estimate of drug-likeness (QED) is 0.399. The van der Waals surface area contributed by atoms with Crippen molar-refractivity contribution in [2.45, 2.75) is 31.7 Å². The fraction of sp³-hybridized carbons (Fsp3) is 0.286. The van der Waals surface area contributed by atoms with Gasteiger partial charge in [-0.2, -0.15) is 0 Å². The lowest BCUT2D eigenvalue weighted by Gasteiger charge is -2.27. The molecule has 1 aliphatic rings. The first-order valence-corrected chi connectivity index (χ1v) is 11.9. The number of para-hydroxylation sites is 1. The molecule has 6 nitrogen and oxygen atoms in total. The topological polar surface area (TPSA) is 71.0 Å². The number of furan rings is 1. The summed E-state index contributed by atoms with van der Waals surface area (Å²) in [6.07, 6.45) is 8.27. The van der Waals surface area contributed by atoms with Gasteiger partial charge in [-0.3, -0.25) is 14.7 Å². The summed E-state index contributed by atoms with van der Waals surface area (Å²) in [7, 11) is 0. The van der Waals surface area contributed by atoms with Crippen LogP contribution in [0.15, 0.2) is 87.2 Å². The number of hydrogen-bond acceptors (Lipinski definition) is 5. The van der Waals surface area contributed by atoms with E-state index in [2.05, 4.69) is 4.90 Å². The van der Waals surface area contributed by atoms with Crippen LogP contribution < -0.4 is 5.56 Å². The number of fused-ring (bicyclic) bond motifs is 1. The molecule has 1 saturated heterocycles. The Labute approximate surface area is 198 Å². The smallest absolute Gasteiger partial charge is 0.265 e. The van der Waals surface area contributed by atoms with Gasteiger partial charge in [-0.25, -0.2) is 4.57 Å². The average molecular weight is 456 g/mol. The highest BCUT2D eigenvalue weighted by Gasteiger charge is 2.23. The molecule has 0 radical (unpaired) electrons. The predicted octanol–water partition coefficient (Wildman–Crippen LogP) is 5.33. The van der Waals surface area contributed by atoms with E-state index >= 15 is 0 Å². The largest absolute Gasteiger partial charge is 0.494 e. The lowest BCUT2D eigenvalue weighted by atomic mass is 10.1. The van der Waals surface area contributed by atoms with Crippen molar-refractivity contribution in [2.75, 3.05) is 19.6 Å². The lowest BCUT2D eigenvalue weighted by Crippen LogP contribution is -2.31. The van der Waals surface area contributed by atoms with E-state index in [0.29, 0.717) is 28.6 Å². The number of pyridine rings is 1. The summed E-state index contributed by atoms with van der Waals surface area (Å²) < 4.78 is 7.12. The van der Waals surface area contributed by atoms with Crippen LogP contribution in [0, 0.1) is 0 Å². The summed E-state index contributed by atoms with van der Waals surface area (Å²) >= 11 is 0. The van der Waals surface area contributed by atoms with Gasteiger partial charge in [-0.15, -0.1) is 0 Å². The van der Waals surface area contributed by atoms with Crippen molar-refractivity contribution in [1.29, 1.82) is 0 Å². The first kappa shape index (κ1) is 22.2. The molecule has 2 aromatic carbocycles. The monoisotopic (exact) mass is 455 g/mol. The number of benzene rings is 2. The number of hydrogen-bond donors (Lipinski definition) is 1. The molecule has 1 aliphatic heterocycles. The Morgan fingerprint density at radius 2 is 1.62 bits per heavy atom. The van der Waals surface area contributed by atoms with Gasteiger partial charge in [0.15, 0.2) is 0 Å². The minimum absolute atomic E-state index is 0.0396. The first-order valence-electron chi connectivity index (χ1n) is 11.9. The van der Waals surface area contributed by atoms with Gasteiger partial charge >= 0.3 is 0 Å². The SMILES string of the molecule is O=c1c2ccccc2c(C=NC[C@H](c2ccco2)N2CCCCCC2)c(O)n1-c1ccccc1. The molecule has 4 aromatic rings. The summed E-state index contributed by atoms with van der Waals surface area (Å²) in [5.41, 5.74) is 0.894. The molecule has 0 amide bonds. The highest BCUT2D eigenvalue weighted by atomic mass is 16.3. The number of aromatic hydroxyl groups is 1. The molecular formula is C28H29N3O3. The molecule has 174 valence electrons. The Balaban J connectivity index is 1.54. The third kappa shape index (κ3) is 4.41. The van der Waals surface area contributed by atoms with Crippen LogP contribution in [0.4, 0.5) is 0 Å². The fourth-order valence-corrected chi connectivity index (χ4v) is 4.82. The average Bonchev–Trinajstić information content (AvgIpc) is 3.27. The van der Waals surface area contributed by atoms with Crippen molar-refractivity contribution in [3.8, 4) is 11.6 Å². The molecule has 1 atom stereocenters. The maximum Gasteiger partial charge on any atom is 0.265 e. The van der Waals surface area contributed by atoms with Gasteiger partial charge in [0, 0.05) is 17.0 Å². The molecule has 0 saturated carbocycles. The van der Waals surface area contributed by atoms with Gasteiger partial charge < -0.3 is 9.52 Å². The Hall–Kier alpha value is -3.64. The minimum Gasteiger partial charge on any atom is -0.494 e. The second-order valence-corrected chi connectivity index (χ2v) is 8.73. The molecule has 1 fully saturated rings. The van der Waals surface area contributed by atoms with E-state index in [9.17, 15) is 9.90 Å². The molecule has 0 aliphatic carbocycles. The van der Waals surface area contributed by atoms with Crippen LogP contribution in [-0.2, 0) is 0 Å². The van der Waals surface area contributed by atoms with Crippen LogP contribution in [0.2, 0.25) is 0 Å². The van der Waals surface area contributed by atoms with Crippen molar-refractivity contribution >= 4 is 17.0 Å². The molecule has 34 heavy (non-hydrogen) atoms. The second-order valence-electron chi connectivity index (χ2n) is 8.73. The van der Waals surface area contributed by atoms with Crippen LogP contribution in [0.1, 0.15) is 43.0 Å². The summed E-state index contributed by atoms with van der Waals surface area (Å²) in [5, 5.41) is 12.4. The summed E-state index contributed by atoms with van der Waals surface area (Å²) in [5.74, 6) is 0.797. The number of aliphatic imine (C=N–C) groups is 1. The van der Waals surface area contributed by atoms with E-state index in [-0.39, 0.29) is 17.5 Å². The van der Waals surface area contributed by atoms with Crippen LogP contribution in [0.3, 0.4) is 0 Å². The maximum absolute atomic E-state index is 13.2. The van der Waals surface area contributed by atoms with Crippen molar-refractivity contribution in [3.63, 3.8) is 0 Å². The zero-order valence-corrected chi connectivity index (χ0v) is 19.1. The molecule has 0 spiro atoms. The maximum atomic E-state index is 13.2. The minimum atomic E-state index is -0.255. The van der Waals surface area contributed by atoms with Gasteiger partial charge in [0.1, 0.15) is 5.76 Å². The Morgan fingerprint density at radius 3 is 2.32 bits per heavy atom. The molecule has 1 N–H and O–H groups in total. The molecule has 0 unspecified atom stereocenters. The van der Waals surface area contributed by atoms with Crippen molar-refractivity contribution < 1.29 is 9.52 Å². The zero-order chi connectivity index (χ0) is 23.3. The summed E-state index contributed by atoms with van der Waals surface area (Å²) in [6, 6.07) is 20.5. The van der Waals surface area contributed by atoms with E-state index in [0.717, 1.165) is 18.8 Å². The normalized spacial score (nSPS) is 16.1. The Morgan fingerprint density at radius 1 is 0.912 bits per heavy atom. The van der Waals surface area contributed by atoms with Gasteiger partial charge in [-0.1, -0.05) is 49.2 Å². The van der Waals surface area contributed by atoms with E-state index in [4.69, 9.17) is 9.41 Å². The van der Waals surface area contributed by atoms with E-state index in [1.807, 2.05) is 60.7 Å². The van der Waals surface area contributed by atoms with Gasteiger partial charge in [0.2, 0.25) is 5.88 Å². The molecule has 2 aromatic heterocycles. The number of likely N-dealkylation sites (tertiary alicyclic amines) is 1. The molecule has 3 heterocycles. The van der Waals surface area contributed by atoms with Crippen LogP contribution >= 0.6 is 0 Å². The Kier molecular flexibility index (Phi) is 6.58. The van der Waals surface area contributed by atoms with Gasteiger partial charge in [0.05, 0.1) is 30.1 Å². The predicted molar refractivity (Wildman–Crippen MR) is 135 cm³/mol. The molecule has 5 rings (SSSR count). The highest BCUT2D eigenvalue weighted by molar-refractivity contribution is 6.01. The summed E-state index contributed by atoms with van der Waals surface area (Å²) in [4.78, 5) is 20.4. The third-order valence-corrected chi connectivity index (χ3v) is 6.57. The van der Waals surface area contributed by atoms with Crippen LogP contribution in [0.5, 0.6) is 5.88 Å². The Bertz CT molecular complexity index is 1320. The lowest BCUT2D eigenvalue weighted by molar-refractivity contribution is 0.186. The fourth-order valence-electron chi connectivity index (χ4n) is 4.82. The number of nitrogens with zero attached hydrogens (tertiary/aromatic N) is 3. The standard InChI is InChI=1S/C28H29N3O3/c32-27-23-14-7-6-13-22(23)24(28(33)31(27)21-11-4-3-5-12-21)19-29-20-25(26-15-10-18-34-26)30-16-8-1-2-9-17-30/h3-7,10-15,18-19,25,33H,1-2,8-9,16-17,20H2/t25-/m1/s1. The summed E-state index contributed by atoms with van der Waals surface area (Å²) in [6.45, 7) is 2.55. The van der Waals surface area contributed by atoms with Gasteiger partial charge in [0.25, 0.3) is 5.56 Å². The van der Waals surface area contributed by atoms with Crippen molar-refractivity contribution in [3.05, 3.63) is 94.7 Å². The van der Waals surface area contributed by atoms with Crippen molar-refractivity contribution in [2.24, 2.45) is 4.99 Å². The molecule has 6 heteroatoms. The molecule has 0 bridgehead atoms. The second kappa shape index (κ2) is 10.1. The van der Waals surface area contributed by atoms with Gasteiger partial charge in [-0.05, 0) is 56.3 Å².